The number of rotatable bonds is 5. The zero-order valence-corrected chi connectivity index (χ0v) is 13.1. The predicted molar refractivity (Wildman–Crippen MR) is 88.1 cm³/mol. The Kier molecular flexibility index (Phi) is 3.93. The Morgan fingerprint density at radius 2 is 2.00 bits per heavy atom. The molecule has 1 heterocycles. The van der Waals surface area contributed by atoms with E-state index in [0.29, 0.717) is 0 Å². The van der Waals surface area contributed by atoms with Gasteiger partial charge in [0.05, 0.1) is 0 Å². The Labute approximate surface area is 127 Å². The molecule has 3 rings (SSSR count). The molecule has 0 spiro atoms. The fraction of sp³-hybridized carbons (Fsp3) is 0.389. The van der Waals surface area contributed by atoms with Crippen LogP contribution in [-0.4, -0.2) is 18.1 Å². The molecule has 1 aliphatic rings. The minimum Gasteiger partial charge on any atom is -0.329 e. The summed E-state index contributed by atoms with van der Waals surface area (Å²) in [6.45, 7) is 5.14. The number of aryl methyl sites for hydroxylation is 2. The van der Waals surface area contributed by atoms with Crippen molar-refractivity contribution in [1.29, 1.82) is 0 Å². The Morgan fingerprint density at radius 3 is 2.67 bits per heavy atom. The van der Waals surface area contributed by atoms with Crippen molar-refractivity contribution in [2.45, 2.75) is 39.3 Å². The zero-order chi connectivity index (χ0) is 14.8. The van der Waals surface area contributed by atoms with Gasteiger partial charge in [-0.15, -0.1) is 0 Å². The lowest BCUT2D eigenvalue weighted by atomic mass is 10.2. The van der Waals surface area contributed by atoms with E-state index in [1.807, 2.05) is 0 Å². The molecule has 1 fully saturated rings. The summed E-state index contributed by atoms with van der Waals surface area (Å²) in [7, 11) is 2.07. The van der Waals surface area contributed by atoms with Gasteiger partial charge in [-0.1, -0.05) is 18.2 Å². The van der Waals surface area contributed by atoms with E-state index in [9.17, 15) is 0 Å². The van der Waals surface area contributed by atoms with Crippen molar-refractivity contribution in [1.82, 2.24) is 10.3 Å². The normalized spacial score (nSPS) is 14.2. The molecule has 1 N–H and O–H groups in total. The van der Waals surface area contributed by atoms with Crippen molar-refractivity contribution < 1.29 is 0 Å². The summed E-state index contributed by atoms with van der Waals surface area (Å²) < 4.78 is 0. The van der Waals surface area contributed by atoms with E-state index in [4.69, 9.17) is 4.98 Å². The largest absolute Gasteiger partial charge is 0.329 e. The maximum Gasteiger partial charge on any atom is 0.132 e. The summed E-state index contributed by atoms with van der Waals surface area (Å²) >= 11 is 0. The third kappa shape index (κ3) is 3.42. The molecule has 2 aromatic rings. The van der Waals surface area contributed by atoms with Gasteiger partial charge >= 0.3 is 0 Å². The van der Waals surface area contributed by atoms with Crippen LogP contribution in [0.2, 0.25) is 0 Å². The molecule has 110 valence electrons. The minimum absolute atomic E-state index is 0.735. The van der Waals surface area contributed by atoms with Crippen molar-refractivity contribution in [3.05, 3.63) is 53.2 Å². The van der Waals surface area contributed by atoms with Crippen LogP contribution in [0.25, 0.3) is 0 Å². The van der Waals surface area contributed by atoms with E-state index >= 15 is 0 Å². The molecule has 1 aromatic carbocycles. The van der Waals surface area contributed by atoms with Crippen LogP contribution >= 0.6 is 0 Å². The zero-order valence-electron chi connectivity index (χ0n) is 13.1. The van der Waals surface area contributed by atoms with Gasteiger partial charge in [-0.3, -0.25) is 0 Å². The van der Waals surface area contributed by atoms with E-state index in [1.165, 1.54) is 29.7 Å². The summed E-state index contributed by atoms with van der Waals surface area (Å²) in [5.41, 5.74) is 4.84. The Hall–Kier alpha value is -1.87. The third-order valence-corrected chi connectivity index (χ3v) is 4.07. The van der Waals surface area contributed by atoms with Crippen LogP contribution in [0.5, 0.6) is 0 Å². The van der Waals surface area contributed by atoms with Gasteiger partial charge in [0, 0.05) is 31.0 Å². The summed E-state index contributed by atoms with van der Waals surface area (Å²) in [6.07, 6.45) is 2.64. The summed E-state index contributed by atoms with van der Waals surface area (Å²) in [6, 6.07) is 13.5. The van der Waals surface area contributed by atoms with Crippen molar-refractivity contribution in [3.63, 3.8) is 0 Å². The second kappa shape index (κ2) is 5.86. The van der Waals surface area contributed by atoms with Gasteiger partial charge in [-0.25, -0.2) is 4.98 Å². The van der Waals surface area contributed by atoms with Gasteiger partial charge < -0.3 is 10.2 Å². The molecule has 21 heavy (non-hydrogen) atoms. The van der Waals surface area contributed by atoms with Crippen molar-refractivity contribution in [3.8, 4) is 0 Å². The van der Waals surface area contributed by atoms with E-state index < -0.39 is 0 Å². The van der Waals surface area contributed by atoms with Gasteiger partial charge in [0.1, 0.15) is 5.82 Å². The molecular formula is C18H23N3. The lowest BCUT2D eigenvalue weighted by Crippen LogP contribution is -2.17. The molecule has 3 nitrogen and oxygen atoms in total. The maximum atomic E-state index is 4.76. The highest BCUT2D eigenvalue weighted by molar-refractivity contribution is 5.60. The topological polar surface area (TPSA) is 28.2 Å². The monoisotopic (exact) mass is 281 g/mol. The SMILES string of the molecule is Cc1cccc(N(C)c2ccc(CNC3CC3)c(C)n2)c1. The van der Waals surface area contributed by atoms with Crippen LogP contribution in [0.1, 0.15) is 29.7 Å². The molecule has 0 radical (unpaired) electrons. The highest BCUT2D eigenvalue weighted by atomic mass is 15.2. The van der Waals surface area contributed by atoms with E-state index in [1.54, 1.807) is 0 Å². The van der Waals surface area contributed by atoms with Crippen LogP contribution in [-0.2, 0) is 6.54 Å². The molecule has 1 aliphatic carbocycles. The second-order valence-corrected chi connectivity index (χ2v) is 5.97. The smallest absolute Gasteiger partial charge is 0.132 e. The third-order valence-electron chi connectivity index (χ3n) is 4.07. The Morgan fingerprint density at radius 1 is 1.19 bits per heavy atom. The van der Waals surface area contributed by atoms with E-state index in [2.05, 4.69) is 67.5 Å². The average molecular weight is 281 g/mol. The number of anilines is 2. The van der Waals surface area contributed by atoms with Gasteiger partial charge in [0.15, 0.2) is 0 Å². The highest BCUT2D eigenvalue weighted by Crippen LogP contribution is 2.24. The van der Waals surface area contributed by atoms with Crippen molar-refractivity contribution in [2.75, 3.05) is 11.9 Å². The molecule has 0 atom stereocenters. The summed E-state index contributed by atoms with van der Waals surface area (Å²) in [5.74, 6) is 0.994. The highest BCUT2D eigenvalue weighted by Gasteiger charge is 2.20. The van der Waals surface area contributed by atoms with Crippen LogP contribution in [0.3, 0.4) is 0 Å². The Balaban J connectivity index is 1.76. The van der Waals surface area contributed by atoms with Crippen LogP contribution in [0.15, 0.2) is 36.4 Å². The summed E-state index contributed by atoms with van der Waals surface area (Å²) in [5, 5.41) is 3.55. The quantitative estimate of drug-likeness (QED) is 0.905. The first-order valence-corrected chi connectivity index (χ1v) is 7.64. The van der Waals surface area contributed by atoms with Crippen molar-refractivity contribution >= 4 is 11.5 Å². The van der Waals surface area contributed by atoms with Crippen LogP contribution in [0.4, 0.5) is 11.5 Å². The second-order valence-electron chi connectivity index (χ2n) is 5.97. The number of aromatic nitrogens is 1. The van der Waals surface area contributed by atoms with Crippen LogP contribution < -0.4 is 10.2 Å². The molecule has 0 bridgehead atoms. The molecule has 0 aliphatic heterocycles. The number of nitrogens with zero attached hydrogens (tertiary/aromatic N) is 2. The first-order chi connectivity index (χ1) is 10.1. The molecule has 0 unspecified atom stereocenters. The number of hydrogen-bond donors (Lipinski definition) is 1. The lowest BCUT2D eigenvalue weighted by molar-refractivity contribution is 0.682. The molecule has 1 aromatic heterocycles. The molecule has 3 heteroatoms. The number of nitrogens with one attached hydrogen (secondary N) is 1. The first kappa shape index (κ1) is 14.1. The molecular weight excluding hydrogens is 258 g/mol. The lowest BCUT2D eigenvalue weighted by Gasteiger charge is -2.20. The molecule has 0 saturated heterocycles. The standard InChI is InChI=1S/C18H23N3/c1-13-5-4-6-17(11-13)21(3)18-10-7-15(14(2)20-18)12-19-16-8-9-16/h4-7,10-11,16,19H,8-9,12H2,1-3H3. The van der Waals surface area contributed by atoms with Gasteiger partial charge in [-0.05, 0) is 56.0 Å². The van der Waals surface area contributed by atoms with Gasteiger partial charge in [-0.2, -0.15) is 0 Å². The van der Waals surface area contributed by atoms with E-state index in [0.717, 1.165) is 24.1 Å². The fourth-order valence-electron chi connectivity index (χ4n) is 2.46. The number of pyridine rings is 1. The first-order valence-electron chi connectivity index (χ1n) is 7.64. The van der Waals surface area contributed by atoms with Crippen LogP contribution in [0, 0.1) is 13.8 Å². The number of hydrogen-bond acceptors (Lipinski definition) is 3. The van der Waals surface area contributed by atoms with Gasteiger partial charge in [0.25, 0.3) is 0 Å². The summed E-state index contributed by atoms with van der Waals surface area (Å²) in [4.78, 5) is 6.90. The van der Waals surface area contributed by atoms with Gasteiger partial charge in [0.2, 0.25) is 0 Å². The van der Waals surface area contributed by atoms with E-state index in [-0.39, 0.29) is 0 Å². The van der Waals surface area contributed by atoms with Crippen molar-refractivity contribution in [2.24, 2.45) is 0 Å². The number of benzene rings is 1. The Bertz CT molecular complexity index is 632. The fourth-order valence-corrected chi connectivity index (χ4v) is 2.46. The maximum absolute atomic E-state index is 4.76. The molecule has 0 amide bonds. The average Bonchev–Trinajstić information content (AvgIpc) is 3.29. The minimum atomic E-state index is 0.735. The predicted octanol–water partition coefficient (Wildman–Crippen LogP) is 3.72. The molecule has 1 saturated carbocycles.